The Morgan fingerprint density at radius 2 is 2.22 bits per heavy atom. The zero-order chi connectivity index (χ0) is 17.0. The van der Waals surface area contributed by atoms with Gasteiger partial charge in [-0.3, -0.25) is 9.59 Å². The number of amides is 2. The van der Waals surface area contributed by atoms with Crippen LogP contribution in [0.3, 0.4) is 0 Å². The highest BCUT2D eigenvalue weighted by Crippen LogP contribution is 2.27. The largest absolute Gasteiger partial charge is 0.372 e. The van der Waals surface area contributed by atoms with E-state index in [1.165, 1.54) is 6.08 Å². The second kappa shape index (κ2) is 7.81. The number of halogens is 2. The van der Waals surface area contributed by atoms with Crippen molar-refractivity contribution in [3.05, 3.63) is 46.5 Å². The Balaban J connectivity index is 2.08. The first-order valence-electron chi connectivity index (χ1n) is 7.22. The summed E-state index contributed by atoms with van der Waals surface area (Å²) in [5.41, 5.74) is 0.364. The lowest BCUT2D eigenvalue weighted by molar-refractivity contribution is -0.118. The molecule has 1 aliphatic heterocycles. The number of carbonyl (C=O) groups excluding carboxylic acids is 2. The highest BCUT2D eigenvalue weighted by Gasteiger charge is 2.30. The molecule has 0 radical (unpaired) electrons. The lowest BCUT2D eigenvalue weighted by Crippen LogP contribution is -2.53. The minimum absolute atomic E-state index is 0.201. The predicted molar refractivity (Wildman–Crippen MR) is 89.9 cm³/mol. The molecule has 1 saturated heterocycles. The van der Waals surface area contributed by atoms with Crippen LogP contribution in [0.2, 0.25) is 10.0 Å². The van der Waals surface area contributed by atoms with Gasteiger partial charge in [-0.15, -0.1) is 0 Å². The molecule has 124 valence electrons. The standard InChI is InChI=1S/C16H18Cl2N2O3/c1-3-14(21)19-10(2)13-9-20(7-8-23-13)16(22)11-5-4-6-12(17)15(11)18/h3-6,10,13H,1,7-9H2,2H3,(H,19,21). The third kappa shape index (κ3) is 4.25. The van der Waals surface area contributed by atoms with Crippen molar-refractivity contribution in [3.8, 4) is 0 Å². The fourth-order valence-electron chi connectivity index (χ4n) is 2.38. The fraction of sp³-hybridized carbons (Fsp3) is 0.375. The summed E-state index contributed by atoms with van der Waals surface area (Å²) in [5.74, 6) is -0.476. The summed E-state index contributed by atoms with van der Waals surface area (Å²) in [6, 6.07) is 4.72. The average Bonchev–Trinajstić information content (AvgIpc) is 2.56. The van der Waals surface area contributed by atoms with Crippen molar-refractivity contribution in [1.82, 2.24) is 10.2 Å². The molecule has 1 fully saturated rings. The number of benzene rings is 1. The molecule has 1 N–H and O–H groups in total. The molecule has 2 rings (SSSR count). The Labute approximate surface area is 145 Å². The van der Waals surface area contributed by atoms with E-state index in [-0.39, 0.29) is 29.0 Å². The molecule has 1 aromatic rings. The summed E-state index contributed by atoms with van der Waals surface area (Å²) in [4.78, 5) is 25.7. The zero-order valence-electron chi connectivity index (χ0n) is 12.7. The Morgan fingerprint density at radius 1 is 1.48 bits per heavy atom. The summed E-state index contributed by atoms with van der Waals surface area (Å²) in [6.45, 7) is 6.45. The van der Waals surface area contributed by atoms with E-state index in [0.29, 0.717) is 30.3 Å². The van der Waals surface area contributed by atoms with Gasteiger partial charge in [0.15, 0.2) is 0 Å². The quantitative estimate of drug-likeness (QED) is 0.843. The number of carbonyl (C=O) groups is 2. The summed E-state index contributed by atoms with van der Waals surface area (Å²) >= 11 is 12.1. The summed E-state index contributed by atoms with van der Waals surface area (Å²) in [7, 11) is 0. The molecule has 0 aromatic heterocycles. The van der Waals surface area contributed by atoms with Crippen molar-refractivity contribution >= 4 is 35.0 Å². The van der Waals surface area contributed by atoms with E-state index in [1.54, 1.807) is 23.1 Å². The smallest absolute Gasteiger partial charge is 0.255 e. The molecule has 2 atom stereocenters. The van der Waals surface area contributed by atoms with Gasteiger partial charge in [-0.1, -0.05) is 35.8 Å². The van der Waals surface area contributed by atoms with E-state index in [9.17, 15) is 9.59 Å². The average molecular weight is 357 g/mol. The predicted octanol–water partition coefficient (Wildman–Crippen LogP) is 2.53. The van der Waals surface area contributed by atoms with Gasteiger partial charge in [0.25, 0.3) is 5.91 Å². The van der Waals surface area contributed by atoms with Crippen LogP contribution in [-0.2, 0) is 9.53 Å². The van der Waals surface area contributed by atoms with Crippen molar-refractivity contribution in [2.24, 2.45) is 0 Å². The molecule has 1 heterocycles. The Kier molecular flexibility index (Phi) is 6.04. The Bertz CT molecular complexity index is 621. The van der Waals surface area contributed by atoms with Crippen LogP contribution in [0.15, 0.2) is 30.9 Å². The number of rotatable bonds is 4. The molecule has 2 unspecified atom stereocenters. The third-order valence-corrected chi connectivity index (χ3v) is 4.49. The summed E-state index contributed by atoms with van der Waals surface area (Å²) in [5, 5.41) is 3.34. The van der Waals surface area contributed by atoms with Gasteiger partial charge in [-0.25, -0.2) is 0 Å². The van der Waals surface area contributed by atoms with Crippen LogP contribution < -0.4 is 5.32 Å². The van der Waals surface area contributed by atoms with E-state index in [2.05, 4.69) is 11.9 Å². The molecule has 0 aliphatic carbocycles. The molecule has 7 heteroatoms. The van der Waals surface area contributed by atoms with Crippen LogP contribution in [0.4, 0.5) is 0 Å². The summed E-state index contributed by atoms with van der Waals surface area (Å²) < 4.78 is 5.65. The van der Waals surface area contributed by atoms with Gasteiger partial charge in [0.05, 0.1) is 34.4 Å². The first kappa shape index (κ1) is 17.8. The maximum Gasteiger partial charge on any atom is 0.255 e. The first-order valence-corrected chi connectivity index (χ1v) is 7.97. The molecule has 0 saturated carbocycles. The molecule has 1 aromatic carbocycles. The monoisotopic (exact) mass is 356 g/mol. The SMILES string of the molecule is C=CC(=O)NC(C)C1CN(C(=O)c2cccc(Cl)c2Cl)CCO1. The lowest BCUT2D eigenvalue weighted by Gasteiger charge is -2.36. The van der Waals surface area contributed by atoms with Crippen molar-refractivity contribution < 1.29 is 14.3 Å². The van der Waals surface area contributed by atoms with Crippen LogP contribution in [0, 0.1) is 0 Å². The normalized spacial score (nSPS) is 19.1. The van der Waals surface area contributed by atoms with E-state index in [1.807, 2.05) is 6.92 Å². The molecule has 0 spiro atoms. The lowest BCUT2D eigenvalue weighted by atomic mass is 10.1. The number of hydrogen-bond acceptors (Lipinski definition) is 3. The highest BCUT2D eigenvalue weighted by molar-refractivity contribution is 6.43. The maximum atomic E-state index is 12.6. The van der Waals surface area contributed by atoms with Gasteiger partial charge >= 0.3 is 0 Å². The molecule has 1 aliphatic rings. The number of hydrogen-bond donors (Lipinski definition) is 1. The van der Waals surface area contributed by atoms with Gasteiger partial charge < -0.3 is 15.0 Å². The van der Waals surface area contributed by atoms with Crippen molar-refractivity contribution in [1.29, 1.82) is 0 Å². The number of morpholine rings is 1. The van der Waals surface area contributed by atoms with E-state index >= 15 is 0 Å². The molecular formula is C16H18Cl2N2O3. The third-order valence-electron chi connectivity index (χ3n) is 3.68. The van der Waals surface area contributed by atoms with Crippen LogP contribution in [0.1, 0.15) is 17.3 Å². The molecular weight excluding hydrogens is 339 g/mol. The van der Waals surface area contributed by atoms with Gasteiger partial charge in [-0.2, -0.15) is 0 Å². The Hall–Kier alpha value is -1.56. The molecule has 2 amide bonds. The van der Waals surface area contributed by atoms with E-state index in [0.717, 1.165) is 0 Å². The van der Waals surface area contributed by atoms with E-state index in [4.69, 9.17) is 27.9 Å². The highest BCUT2D eigenvalue weighted by atomic mass is 35.5. The van der Waals surface area contributed by atoms with Crippen LogP contribution >= 0.6 is 23.2 Å². The second-order valence-electron chi connectivity index (χ2n) is 5.26. The first-order chi connectivity index (χ1) is 10.9. The van der Waals surface area contributed by atoms with Gasteiger partial charge in [0, 0.05) is 13.1 Å². The van der Waals surface area contributed by atoms with Crippen LogP contribution in [0.5, 0.6) is 0 Å². The van der Waals surface area contributed by atoms with Gasteiger partial charge in [-0.05, 0) is 25.1 Å². The summed E-state index contributed by atoms with van der Waals surface area (Å²) in [6.07, 6.45) is 0.906. The second-order valence-corrected chi connectivity index (χ2v) is 6.05. The maximum absolute atomic E-state index is 12.6. The minimum atomic E-state index is -0.297. The number of ether oxygens (including phenoxy) is 1. The Morgan fingerprint density at radius 3 is 2.91 bits per heavy atom. The molecule has 0 bridgehead atoms. The minimum Gasteiger partial charge on any atom is -0.372 e. The van der Waals surface area contributed by atoms with Crippen molar-refractivity contribution in [2.75, 3.05) is 19.7 Å². The molecule has 23 heavy (non-hydrogen) atoms. The van der Waals surface area contributed by atoms with Crippen molar-refractivity contribution in [3.63, 3.8) is 0 Å². The van der Waals surface area contributed by atoms with Crippen molar-refractivity contribution in [2.45, 2.75) is 19.1 Å². The van der Waals surface area contributed by atoms with Gasteiger partial charge in [0.1, 0.15) is 0 Å². The van der Waals surface area contributed by atoms with Crippen LogP contribution in [0.25, 0.3) is 0 Å². The number of nitrogens with one attached hydrogen (secondary N) is 1. The number of nitrogens with zero attached hydrogens (tertiary/aromatic N) is 1. The topological polar surface area (TPSA) is 58.6 Å². The fourth-order valence-corrected chi connectivity index (χ4v) is 2.76. The van der Waals surface area contributed by atoms with Gasteiger partial charge in [0.2, 0.25) is 5.91 Å². The zero-order valence-corrected chi connectivity index (χ0v) is 14.2. The molecule has 5 nitrogen and oxygen atoms in total. The van der Waals surface area contributed by atoms with Crippen LogP contribution in [-0.4, -0.2) is 48.6 Å². The van der Waals surface area contributed by atoms with E-state index < -0.39 is 0 Å².